The summed E-state index contributed by atoms with van der Waals surface area (Å²) in [5, 5.41) is 0. The van der Waals surface area contributed by atoms with E-state index in [1.165, 1.54) is 0 Å². The van der Waals surface area contributed by atoms with Crippen LogP contribution in [0.25, 0.3) is 0 Å². The number of benzene rings is 1. The zero-order valence-corrected chi connectivity index (χ0v) is 13.0. The van der Waals surface area contributed by atoms with Crippen LogP contribution in [0.1, 0.15) is 27.2 Å². The first-order valence-corrected chi connectivity index (χ1v) is 7.44. The summed E-state index contributed by atoms with van der Waals surface area (Å²) < 4.78 is 11.2. The van der Waals surface area contributed by atoms with E-state index >= 15 is 0 Å². The predicted octanol–water partition coefficient (Wildman–Crippen LogP) is 2.45. The van der Waals surface area contributed by atoms with Gasteiger partial charge in [-0.05, 0) is 31.4 Å². The van der Waals surface area contributed by atoms with Crippen molar-refractivity contribution in [3.8, 4) is 5.75 Å². The fourth-order valence-corrected chi connectivity index (χ4v) is 2.23. The number of carbonyl (C=O) groups excluding carboxylic acids is 1. The van der Waals surface area contributed by atoms with Crippen LogP contribution < -0.4 is 15.4 Å². The van der Waals surface area contributed by atoms with Crippen molar-refractivity contribution in [2.45, 2.75) is 33.3 Å². The van der Waals surface area contributed by atoms with Crippen molar-refractivity contribution in [1.29, 1.82) is 0 Å². The molecule has 0 aromatic heterocycles. The Balaban J connectivity index is 1.99. The van der Waals surface area contributed by atoms with Crippen LogP contribution in [0.3, 0.4) is 0 Å². The summed E-state index contributed by atoms with van der Waals surface area (Å²) >= 11 is 0. The highest BCUT2D eigenvalue weighted by Gasteiger charge is 2.31. The van der Waals surface area contributed by atoms with Crippen LogP contribution in [-0.2, 0) is 9.53 Å². The van der Waals surface area contributed by atoms with E-state index in [9.17, 15) is 4.79 Å². The van der Waals surface area contributed by atoms with Gasteiger partial charge in [-0.2, -0.15) is 0 Å². The number of rotatable bonds is 6. The molecule has 1 unspecified atom stereocenters. The molecule has 2 rings (SSSR count). The van der Waals surface area contributed by atoms with Gasteiger partial charge < -0.3 is 20.1 Å². The third kappa shape index (κ3) is 3.88. The normalized spacial score (nSPS) is 17.8. The van der Waals surface area contributed by atoms with E-state index in [-0.39, 0.29) is 5.91 Å². The van der Waals surface area contributed by atoms with Crippen LogP contribution in [0, 0.1) is 5.92 Å². The van der Waals surface area contributed by atoms with E-state index in [0.29, 0.717) is 30.5 Å². The summed E-state index contributed by atoms with van der Waals surface area (Å²) in [5.41, 5.74) is 7.16. The zero-order valence-electron chi connectivity index (χ0n) is 13.0. The van der Waals surface area contributed by atoms with Crippen LogP contribution in [0.4, 0.5) is 11.4 Å². The molecule has 1 aliphatic heterocycles. The van der Waals surface area contributed by atoms with E-state index in [4.69, 9.17) is 15.2 Å². The summed E-state index contributed by atoms with van der Waals surface area (Å²) in [6, 6.07) is 5.35. The van der Waals surface area contributed by atoms with Gasteiger partial charge in [-0.15, -0.1) is 0 Å². The van der Waals surface area contributed by atoms with Gasteiger partial charge in [0, 0.05) is 24.9 Å². The van der Waals surface area contributed by atoms with Crippen molar-refractivity contribution >= 4 is 17.3 Å². The number of nitrogen functional groups attached to an aromatic ring is 1. The Kier molecular flexibility index (Phi) is 5.07. The molecule has 5 heteroatoms. The lowest BCUT2D eigenvalue weighted by atomic mass is 10.1. The lowest BCUT2D eigenvalue weighted by molar-refractivity contribution is -0.125. The van der Waals surface area contributed by atoms with Crippen LogP contribution in [0.2, 0.25) is 0 Å². The van der Waals surface area contributed by atoms with Gasteiger partial charge in [0.25, 0.3) is 5.91 Å². The molecule has 0 saturated carbocycles. The van der Waals surface area contributed by atoms with Gasteiger partial charge in [-0.3, -0.25) is 4.79 Å². The van der Waals surface area contributed by atoms with Crippen molar-refractivity contribution in [3.63, 3.8) is 0 Å². The SMILES string of the molecule is CC(C)CCOCCN1C(=O)C(C)Oc2cc(N)ccc21. The average Bonchev–Trinajstić information content (AvgIpc) is 2.42. The van der Waals surface area contributed by atoms with Gasteiger partial charge in [-0.25, -0.2) is 0 Å². The number of anilines is 2. The second kappa shape index (κ2) is 6.80. The minimum atomic E-state index is -0.491. The Labute approximate surface area is 126 Å². The molecule has 2 N–H and O–H groups in total. The molecule has 0 radical (unpaired) electrons. The Morgan fingerprint density at radius 1 is 1.38 bits per heavy atom. The summed E-state index contributed by atoms with van der Waals surface area (Å²) in [4.78, 5) is 14.0. The summed E-state index contributed by atoms with van der Waals surface area (Å²) in [5.74, 6) is 1.24. The molecule has 1 aromatic rings. The van der Waals surface area contributed by atoms with Gasteiger partial charge in [0.1, 0.15) is 5.75 Å². The Morgan fingerprint density at radius 2 is 2.14 bits per heavy atom. The summed E-state index contributed by atoms with van der Waals surface area (Å²) in [6.07, 6.45) is 0.538. The van der Waals surface area contributed by atoms with Gasteiger partial charge in [-0.1, -0.05) is 13.8 Å². The van der Waals surface area contributed by atoms with E-state index in [0.717, 1.165) is 18.7 Å². The Hall–Kier alpha value is -1.75. The second-order valence-electron chi connectivity index (χ2n) is 5.77. The minimum absolute atomic E-state index is 0.0419. The fourth-order valence-electron chi connectivity index (χ4n) is 2.23. The molecular formula is C16H24N2O3. The molecule has 0 saturated heterocycles. The maximum Gasteiger partial charge on any atom is 0.267 e. The predicted molar refractivity (Wildman–Crippen MR) is 83.6 cm³/mol. The van der Waals surface area contributed by atoms with Crippen molar-refractivity contribution in [2.75, 3.05) is 30.4 Å². The minimum Gasteiger partial charge on any atom is -0.479 e. The molecule has 0 fully saturated rings. The molecule has 0 aliphatic carbocycles. The molecule has 1 aromatic carbocycles. The molecule has 1 amide bonds. The molecule has 0 spiro atoms. The molecule has 1 heterocycles. The number of hydrogen-bond acceptors (Lipinski definition) is 4. The summed E-state index contributed by atoms with van der Waals surface area (Å²) in [6.45, 7) is 7.85. The van der Waals surface area contributed by atoms with Crippen LogP contribution >= 0.6 is 0 Å². The number of nitrogens with zero attached hydrogens (tertiary/aromatic N) is 1. The molecular weight excluding hydrogens is 268 g/mol. The molecule has 0 bridgehead atoms. The van der Waals surface area contributed by atoms with Crippen LogP contribution in [-0.4, -0.2) is 31.8 Å². The van der Waals surface area contributed by atoms with Gasteiger partial charge in [0.15, 0.2) is 6.10 Å². The molecule has 116 valence electrons. The van der Waals surface area contributed by atoms with E-state index in [1.54, 1.807) is 24.0 Å². The Morgan fingerprint density at radius 3 is 2.86 bits per heavy atom. The largest absolute Gasteiger partial charge is 0.479 e. The number of carbonyl (C=O) groups is 1. The number of hydrogen-bond donors (Lipinski definition) is 1. The zero-order chi connectivity index (χ0) is 15.4. The lowest BCUT2D eigenvalue weighted by Gasteiger charge is -2.33. The monoisotopic (exact) mass is 292 g/mol. The first kappa shape index (κ1) is 15.6. The lowest BCUT2D eigenvalue weighted by Crippen LogP contribution is -2.45. The number of nitrogens with two attached hydrogens (primary N) is 1. The van der Waals surface area contributed by atoms with Crippen LogP contribution in [0.15, 0.2) is 18.2 Å². The van der Waals surface area contributed by atoms with Gasteiger partial charge in [0.2, 0.25) is 0 Å². The highest BCUT2D eigenvalue weighted by molar-refractivity contribution is 6.00. The van der Waals surface area contributed by atoms with Crippen molar-refractivity contribution in [1.82, 2.24) is 0 Å². The van der Waals surface area contributed by atoms with E-state index < -0.39 is 6.10 Å². The average molecular weight is 292 g/mol. The second-order valence-corrected chi connectivity index (χ2v) is 5.77. The first-order chi connectivity index (χ1) is 9.99. The highest BCUT2D eigenvalue weighted by Crippen LogP contribution is 2.35. The quantitative estimate of drug-likeness (QED) is 0.646. The highest BCUT2D eigenvalue weighted by atomic mass is 16.5. The van der Waals surface area contributed by atoms with Crippen molar-refractivity contribution < 1.29 is 14.3 Å². The third-order valence-corrected chi connectivity index (χ3v) is 3.49. The fraction of sp³-hybridized carbons (Fsp3) is 0.562. The first-order valence-electron chi connectivity index (χ1n) is 7.44. The molecule has 1 atom stereocenters. The molecule has 21 heavy (non-hydrogen) atoms. The van der Waals surface area contributed by atoms with Gasteiger partial charge in [0.05, 0.1) is 12.3 Å². The van der Waals surface area contributed by atoms with Crippen LogP contribution in [0.5, 0.6) is 5.75 Å². The van der Waals surface area contributed by atoms with E-state index in [1.807, 2.05) is 6.07 Å². The van der Waals surface area contributed by atoms with Crippen molar-refractivity contribution in [3.05, 3.63) is 18.2 Å². The van der Waals surface area contributed by atoms with Gasteiger partial charge >= 0.3 is 0 Å². The standard InChI is InChI=1S/C16H24N2O3/c1-11(2)6-8-20-9-7-18-14-5-4-13(17)10-15(14)21-12(3)16(18)19/h4-5,10-12H,6-9,17H2,1-3H3. The summed E-state index contributed by atoms with van der Waals surface area (Å²) in [7, 11) is 0. The van der Waals surface area contributed by atoms with E-state index in [2.05, 4.69) is 13.8 Å². The smallest absolute Gasteiger partial charge is 0.267 e. The van der Waals surface area contributed by atoms with Crippen molar-refractivity contribution in [2.24, 2.45) is 5.92 Å². The number of ether oxygens (including phenoxy) is 2. The number of fused-ring (bicyclic) bond motifs is 1. The molecule has 5 nitrogen and oxygen atoms in total. The molecule has 1 aliphatic rings. The maximum atomic E-state index is 12.3. The number of amides is 1. The third-order valence-electron chi connectivity index (χ3n) is 3.49. The maximum absolute atomic E-state index is 12.3. The Bertz CT molecular complexity index is 502. The topological polar surface area (TPSA) is 64.8 Å².